The Morgan fingerprint density at radius 2 is 1.87 bits per heavy atom. The number of hydrogen-bond acceptors (Lipinski definition) is 1. The summed E-state index contributed by atoms with van der Waals surface area (Å²) in [6.45, 7) is 0. The summed E-state index contributed by atoms with van der Waals surface area (Å²) in [5.74, 6) is 0. The molecular formula is C12H11ClOS. The number of benzene rings is 1. The first-order valence-electron chi connectivity index (χ1n) is 4.78. The summed E-state index contributed by atoms with van der Waals surface area (Å²) in [5, 5.41) is 2.18. The summed E-state index contributed by atoms with van der Waals surface area (Å²) in [6.07, 6.45) is 3.53. The summed E-state index contributed by atoms with van der Waals surface area (Å²) in [7, 11) is -0.997. The van der Waals surface area contributed by atoms with Crippen LogP contribution in [0.1, 0.15) is 12.0 Å². The Hall–Kier alpha value is -0.860. The van der Waals surface area contributed by atoms with Gasteiger partial charge in [0.2, 0.25) is 0 Å². The fourth-order valence-corrected chi connectivity index (χ4v) is 2.92. The molecule has 0 amide bonds. The Balaban J connectivity index is 1.96. The van der Waals surface area contributed by atoms with E-state index in [1.54, 1.807) is 11.5 Å². The highest BCUT2D eigenvalue weighted by Crippen LogP contribution is 2.24. The Kier molecular flexibility index (Phi) is 3.39. The molecule has 1 aliphatic heterocycles. The van der Waals surface area contributed by atoms with Crippen molar-refractivity contribution in [2.45, 2.75) is 12.8 Å². The van der Waals surface area contributed by atoms with Gasteiger partial charge in [-0.25, -0.2) is 4.21 Å². The van der Waals surface area contributed by atoms with Gasteiger partial charge >= 0.3 is 0 Å². The molecule has 0 N–H and O–H groups in total. The van der Waals surface area contributed by atoms with Gasteiger partial charge in [-0.3, -0.25) is 0 Å². The van der Waals surface area contributed by atoms with Crippen molar-refractivity contribution < 1.29 is 4.21 Å². The van der Waals surface area contributed by atoms with Crippen molar-refractivity contribution in [3.05, 3.63) is 57.3 Å². The first kappa shape index (κ1) is 10.7. The smallest absolute Gasteiger partial charge is 0.0750 e. The molecule has 15 heavy (non-hydrogen) atoms. The van der Waals surface area contributed by atoms with Gasteiger partial charge in [-0.15, -0.1) is 0 Å². The van der Waals surface area contributed by atoms with Gasteiger partial charge in [0, 0.05) is 10.3 Å². The van der Waals surface area contributed by atoms with E-state index in [-0.39, 0.29) is 0 Å². The van der Waals surface area contributed by atoms with Crippen LogP contribution in [0.4, 0.5) is 0 Å². The van der Waals surface area contributed by atoms with Crippen LogP contribution >= 0.6 is 11.6 Å². The third-order valence-electron chi connectivity index (χ3n) is 2.28. The topological polar surface area (TPSA) is 17.1 Å². The molecule has 1 nitrogen and oxygen atoms in total. The highest BCUT2D eigenvalue weighted by atomic mass is 35.5. The van der Waals surface area contributed by atoms with Crippen molar-refractivity contribution in [1.82, 2.24) is 0 Å². The molecule has 0 spiro atoms. The van der Waals surface area contributed by atoms with Crippen LogP contribution in [0, 0.1) is 0 Å². The van der Waals surface area contributed by atoms with E-state index in [9.17, 15) is 4.21 Å². The number of hydrogen-bond donors (Lipinski definition) is 0. The van der Waals surface area contributed by atoms with Crippen LogP contribution in [0.5, 0.6) is 0 Å². The average Bonchev–Trinajstić information content (AvgIpc) is 2.56. The minimum Gasteiger partial charge on any atom is -0.250 e. The lowest BCUT2D eigenvalue weighted by molar-refractivity contribution is 0.690. The van der Waals surface area contributed by atoms with Crippen molar-refractivity contribution in [2.75, 3.05) is 0 Å². The van der Waals surface area contributed by atoms with Crippen LogP contribution < -0.4 is 0 Å². The normalized spacial score (nSPS) is 19.9. The molecule has 0 aromatic heterocycles. The zero-order chi connectivity index (χ0) is 10.7. The lowest BCUT2D eigenvalue weighted by atomic mass is 10.1. The third-order valence-corrected chi connectivity index (χ3v) is 3.93. The molecule has 0 bridgehead atoms. The summed E-state index contributed by atoms with van der Waals surface area (Å²) < 4.78 is 11.5. The van der Waals surface area contributed by atoms with E-state index in [1.165, 1.54) is 5.56 Å². The standard InChI is InChI=1S/C12H11ClOS/c13-11-8-12(15(14)9-11)7-6-10-4-2-1-3-5-10/h1-5,8-9H,6-7H2. The van der Waals surface area contributed by atoms with E-state index in [2.05, 4.69) is 12.1 Å². The largest absolute Gasteiger partial charge is 0.250 e. The maximum Gasteiger partial charge on any atom is 0.0750 e. The molecule has 0 radical (unpaired) electrons. The fraction of sp³-hybridized carbons (Fsp3) is 0.167. The summed E-state index contributed by atoms with van der Waals surface area (Å²) in [4.78, 5) is 0.920. The molecule has 1 unspecified atom stereocenters. The van der Waals surface area contributed by atoms with Crippen LogP contribution in [0.25, 0.3) is 0 Å². The SMILES string of the molecule is O=S1C=C(Cl)C=C1CCc1ccccc1. The summed E-state index contributed by atoms with van der Waals surface area (Å²) in [5.41, 5.74) is 1.26. The van der Waals surface area contributed by atoms with Gasteiger partial charge < -0.3 is 0 Å². The second kappa shape index (κ2) is 4.77. The van der Waals surface area contributed by atoms with Crippen LogP contribution in [0.2, 0.25) is 0 Å². The maximum absolute atomic E-state index is 11.5. The van der Waals surface area contributed by atoms with E-state index in [4.69, 9.17) is 11.6 Å². The first-order chi connectivity index (χ1) is 7.25. The molecular weight excluding hydrogens is 228 g/mol. The maximum atomic E-state index is 11.5. The minimum absolute atomic E-state index is 0.594. The van der Waals surface area contributed by atoms with E-state index in [0.29, 0.717) is 5.03 Å². The zero-order valence-corrected chi connectivity index (χ0v) is 9.72. The Bertz CT molecular complexity index is 434. The molecule has 1 atom stereocenters. The second-order valence-electron chi connectivity index (χ2n) is 3.40. The second-order valence-corrected chi connectivity index (χ2v) is 5.19. The van der Waals surface area contributed by atoms with Gasteiger partial charge in [-0.2, -0.15) is 0 Å². The molecule has 0 saturated carbocycles. The average molecular weight is 239 g/mol. The number of rotatable bonds is 3. The number of halogens is 1. The lowest BCUT2D eigenvalue weighted by Gasteiger charge is -2.01. The van der Waals surface area contributed by atoms with Crippen molar-refractivity contribution in [1.29, 1.82) is 0 Å². The molecule has 78 valence electrons. The predicted octanol–water partition coefficient (Wildman–Crippen LogP) is 3.35. The van der Waals surface area contributed by atoms with Crippen LogP contribution in [-0.2, 0) is 17.2 Å². The van der Waals surface area contributed by atoms with Crippen LogP contribution in [0.3, 0.4) is 0 Å². The number of aryl methyl sites for hydroxylation is 1. The van der Waals surface area contributed by atoms with Crippen LogP contribution in [-0.4, -0.2) is 4.21 Å². The molecule has 2 rings (SSSR count). The predicted molar refractivity (Wildman–Crippen MR) is 64.9 cm³/mol. The summed E-state index contributed by atoms with van der Waals surface area (Å²) in [6, 6.07) is 10.2. The number of allylic oxidation sites excluding steroid dienone is 3. The zero-order valence-electron chi connectivity index (χ0n) is 8.15. The highest BCUT2D eigenvalue weighted by molar-refractivity contribution is 7.92. The van der Waals surface area contributed by atoms with Gasteiger partial charge in [-0.1, -0.05) is 41.9 Å². The first-order valence-corrected chi connectivity index (χ1v) is 6.37. The Labute approximate surface area is 96.9 Å². The van der Waals surface area contributed by atoms with Gasteiger partial charge in [0.25, 0.3) is 0 Å². The summed E-state index contributed by atoms with van der Waals surface area (Å²) >= 11 is 5.78. The molecule has 3 heteroatoms. The molecule has 0 fully saturated rings. The molecule has 1 aliphatic rings. The Morgan fingerprint density at radius 3 is 2.47 bits per heavy atom. The van der Waals surface area contributed by atoms with Crippen molar-refractivity contribution in [3.8, 4) is 0 Å². The van der Waals surface area contributed by atoms with Gasteiger partial charge in [0.15, 0.2) is 0 Å². The van der Waals surface area contributed by atoms with Crippen LogP contribution in [0.15, 0.2) is 51.8 Å². The Morgan fingerprint density at radius 1 is 1.13 bits per heavy atom. The third kappa shape index (κ3) is 2.80. The molecule has 0 saturated heterocycles. The van der Waals surface area contributed by atoms with E-state index in [0.717, 1.165) is 17.7 Å². The quantitative estimate of drug-likeness (QED) is 0.789. The monoisotopic (exact) mass is 238 g/mol. The molecule has 0 aliphatic carbocycles. The molecule has 1 aromatic carbocycles. The van der Waals surface area contributed by atoms with Gasteiger partial charge in [-0.05, 0) is 24.5 Å². The van der Waals surface area contributed by atoms with E-state index < -0.39 is 10.8 Å². The van der Waals surface area contributed by atoms with Gasteiger partial charge in [0.1, 0.15) is 0 Å². The minimum atomic E-state index is -0.997. The van der Waals surface area contributed by atoms with Crippen molar-refractivity contribution in [2.24, 2.45) is 0 Å². The molecule has 1 heterocycles. The van der Waals surface area contributed by atoms with Crippen molar-refractivity contribution >= 4 is 22.4 Å². The lowest BCUT2D eigenvalue weighted by Crippen LogP contribution is -1.91. The molecule has 1 aromatic rings. The van der Waals surface area contributed by atoms with Crippen molar-refractivity contribution in [3.63, 3.8) is 0 Å². The van der Waals surface area contributed by atoms with Gasteiger partial charge in [0.05, 0.1) is 15.8 Å². The fourth-order valence-electron chi connectivity index (χ4n) is 1.51. The highest BCUT2D eigenvalue weighted by Gasteiger charge is 2.12. The van der Waals surface area contributed by atoms with E-state index in [1.807, 2.05) is 18.2 Å². The van der Waals surface area contributed by atoms with E-state index >= 15 is 0 Å².